The van der Waals surface area contributed by atoms with Crippen LogP contribution < -0.4 is 31.1 Å². The van der Waals surface area contributed by atoms with E-state index < -0.39 is 10.8 Å². The number of fused-ring (bicyclic) bond motifs is 2. The zero-order valence-corrected chi connectivity index (χ0v) is 24.6. The molecule has 208 valence electrons. The van der Waals surface area contributed by atoms with Gasteiger partial charge in [-0.25, -0.2) is 0 Å². The molecule has 0 radical (unpaired) electrons. The first kappa shape index (κ1) is 25.8. The molecule has 4 aliphatic rings. The second-order valence-electron chi connectivity index (χ2n) is 13.7. The summed E-state index contributed by atoms with van der Waals surface area (Å²) in [5, 5.41) is 0.870. The summed E-state index contributed by atoms with van der Waals surface area (Å²) in [5.74, 6) is 0. The molecule has 7 rings (SSSR count). The Labute approximate surface area is 237 Å². The maximum atomic E-state index is 14.5. The maximum absolute atomic E-state index is 14.5. The molecule has 4 heteroatoms. The lowest BCUT2D eigenvalue weighted by Crippen LogP contribution is -2.69. The van der Waals surface area contributed by atoms with Crippen LogP contribution in [-0.4, -0.2) is 12.1 Å². The topological polar surface area (TPSA) is 40.6 Å². The van der Waals surface area contributed by atoms with Crippen LogP contribution in [0.25, 0.3) is 11.4 Å². The molecular formula is C36H42N2O2. The average Bonchev–Trinajstić information content (AvgIpc) is 3.34. The van der Waals surface area contributed by atoms with Crippen molar-refractivity contribution >= 4 is 22.8 Å². The van der Waals surface area contributed by atoms with Crippen molar-refractivity contribution in [3.63, 3.8) is 0 Å². The lowest BCUT2D eigenvalue weighted by molar-refractivity contribution is 0.434. The number of para-hydroxylation sites is 2. The van der Waals surface area contributed by atoms with Crippen LogP contribution in [0.1, 0.15) is 103 Å². The van der Waals surface area contributed by atoms with Crippen molar-refractivity contribution in [2.24, 2.45) is 0 Å². The number of hydrogen-bond acceptors (Lipinski definition) is 4. The summed E-state index contributed by atoms with van der Waals surface area (Å²) < 4.78 is 0. The van der Waals surface area contributed by atoms with Gasteiger partial charge < -0.3 is 9.80 Å². The number of benzene rings is 2. The van der Waals surface area contributed by atoms with Crippen molar-refractivity contribution in [1.29, 1.82) is 0 Å². The fourth-order valence-corrected chi connectivity index (χ4v) is 8.65. The van der Waals surface area contributed by atoms with Gasteiger partial charge in [0.2, 0.25) is 10.9 Å². The van der Waals surface area contributed by atoms with Crippen molar-refractivity contribution in [3.05, 3.63) is 90.5 Å². The maximum Gasteiger partial charge on any atom is 0.204 e. The fraction of sp³-hybridized carbons (Fsp3) is 0.500. The summed E-state index contributed by atoms with van der Waals surface area (Å²) in [6, 6.07) is 17.8. The Balaban J connectivity index is 1.51. The lowest BCUT2D eigenvalue weighted by atomic mass is 9.80. The van der Waals surface area contributed by atoms with Gasteiger partial charge in [0.15, 0.2) is 0 Å². The molecule has 4 nitrogen and oxygen atoms in total. The summed E-state index contributed by atoms with van der Waals surface area (Å²) in [6.45, 7) is 8.80. The van der Waals surface area contributed by atoms with Gasteiger partial charge in [-0.2, -0.15) is 0 Å². The second kappa shape index (κ2) is 9.19. The number of hydrogen-bond donors (Lipinski definition) is 0. The van der Waals surface area contributed by atoms with Crippen LogP contribution in [0.3, 0.4) is 0 Å². The van der Waals surface area contributed by atoms with E-state index in [2.05, 4.69) is 86.0 Å². The van der Waals surface area contributed by atoms with Gasteiger partial charge >= 0.3 is 0 Å². The first-order chi connectivity index (χ1) is 19.2. The van der Waals surface area contributed by atoms with Gasteiger partial charge in [-0.3, -0.25) is 9.59 Å². The molecule has 0 unspecified atom stereocenters. The van der Waals surface area contributed by atoms with Crippen LogP contribution in [-0.2, 0) is 10.8 Å². The smallest absolute Gasteiger partial charge is 0.204 e. The van der Waals surface area contributed by atoms with Crippen LogP contribution in [0.2, 0.25) is 0 Å². The molecule has 3 aromatic rings. The first-order valence-corrected chi connectivity index (χ1v) is 15.6. The minimum atomic E-state index is -0.401. The van der Waals surface area contributed by atoms with Crippen LogP contribution in [0, 0.1) is 0 Å². The van der Waals surface area contributed by atoms with Crippen LogP contribution in [0.5, 0.6) is 0 Å². The SMILES string of the molecule is CC1(C)C(=c2c(=O)c(=C3N(C4CCCCC4)c4ccccc4C3(C)C)c2=O)N(C2CCCCC2)c2ccccc21. The molecule has 0 aromatic heterocycles. The van der Waals surface area contributed by atoms with Crippen molar-refractivity contribution in [2.45, 2.75) is 115 Å². The van der Waals surface area contributed by atoms with Crippen LogP contribution in [0.4, 0.5) is 11.4 Å². The van der Waals surface area contributed by atoms with Crippen molar-refractivity contribution in [3.8, 4) is 0 Å². The molecule has 0 bridgehead atoms. The second-order valence-corrected chi connectivity index (χ2v) is 13.7. The Hall–Kier alpha value is -3.14. The van der Waals surface area contributed by atoms with Crippen molar-refractivity contribution < 1.29 is 0 Å². The standard InChI is InChI=1S/C36H42N2O2/c1-35(2)25-19-11-13-21-27(25)37(23-15-7-5-8-16-23)33(35)29-31(39)30(32(29)40)34-36(3,4)26-20-12-14-22-28(26)38(34)24-17-9-6-10-18-24/h11-14,19-24H,5-10,15-18H2,1-4H3. The van der Waals surface area contributed by atoms with Gasteiger partial charge in [0.25, 0.3) is 0 Å². The Morgan fingerprint density at radius 2 is 0.900 bits per heavy atom. The summed E-state index contributed by atoms with van der Waals surface area (Å²) in [6.07, 6.45) is 11.8. The van der Waals surface area contributed by atoms with Gasteiger partial charge in [0, 0.05) is 45.7 Å². The molecule has 2 heterocycles. The minimum absolute atomic E-state index is 0.0432. The van der Waals surface area contributed by atoms with E-state index in [0.29, 0.717) is 22.5 Å². The van der Waals surface area contributed by atoms with E-state index in [0.717, 1.165) is 37.1 Å². The third kappa shape index (κ3) is 3.50. The monoisotopic (exact) mass is 534 g/mol. The number of rotatable bonds is 2. The van der Waals surface area contributed by atoms with Gasteiger partial charge in [-0.1, -0.05) is 103 Å². The average molecular weight is 535 g/mol. The molecular weight excluding hydrogens is 492 g/mol. The van der Waals surface area contributed by atoms with Gasteiger partial charge in [0.1, 0.15) is 0 Å². The summed E-state index contributed by atoms with van der Waals surface area (Å²) in [4.78, 5) is 33.8. The van der Waals surface area contributed by atoms with Crippen LogP contribution in [0.15, 0.2) is 58.1 Å². The quantitative estimate of drug-likeness (QED) is 0.419. The molecule has 2 aliphatic carbocycles. The lowest BCUT2D eigenvalue weighted by Gasteiger charge is -2.37. The predicted octanol–water partition coefficient (Wildman–Crippen LogP) is 5.76. The summed E-state index contributed by atoms with van der Waals surface area (Å²) in [5.41, 5.74) is 5.81. The number of nitrogens with zero attached hydrogens (tertiary/aromatic N) is 2. The Morgan fingerprint density at radius 3 is 1.27 bits per heavy atom. The summed E-state index contributed by atoms with van der Waals surface area (Å²) in [7, 11) is 0. The van der Waals surface area contributed by atoms with E-state index in [4.69, 9.17) is 0 Å². The summed E-state index contributed by atoms with van der Waals surface area (Å²) >= 11 is 0. The van der Waals surface area contributed by atoms with E-state index >= 15 is 0 Å². The highest BCUT2D eigenvalue weighted by Crippen LogP contribution is 2.52. The van der Waals surface area contributed by atoms with Gasteiger partial charge in [-0.15, -0.1) is 0 Å². The Kier molecular flexibility index (Phi) is 5.93. The first-order valence-electron chi connectivity index (χ1n) is 15.6. The largest absolute Gasteiger partial charge is 0.340 e. The van der Waals surface area contributed by atoms with Gasteiger partial charge in [-0.05, 0) is 48.9 Å². The van der Waals surface area contributed by atoms with E-state index in [1.54, 1.807) is 0 Å². The van der Waals surface area contributed by atoms with E-state index in [-0.39, 0.29) is 10.9 Å². The molecule has 3 aromatic carbocycles. The zero-order valence-electron chi connectivity index (χ0n) is 24.6. The third-order valence-electron chi connectivity index (χ3n) is 10.6. The minimum Gasteiger partial charge on any atom is -0.340 e. The molecule has 0 amide bonds. The fourth-order valence-electron chi connectivity index (χ4n) is 8.65. The molecule has 0 N–H and O–H groups in total. The predicted molar refractivity (Wildman–Crippen MR) is 165 cm³/mol. The highest BCUT2D eigenvalue weighted by atomic mass is 16.1. The van der Waals surface area contributed by atoms with E-state index in [9.17, 15) is 9.59 Å². The highest BCUT2D eigenvalue weighted by molar-refractivity contribution is 5.89. The molecule has 0 spiro atoms. The number of anilines is 2. The Bertz CT molecular complexity index is 1520. The Morgan fingerprint density at radius 1 is 0.550 bits per heavy atom. The molecule has 0 saturated heterocycles. The van der Waals surface area contributed by atoms with E-state index in [1.165, 1.54) is 61.0 Å². The van der Waals surface area contributed by atoms with E-state index in [1.807, 2.05) is 0 Å². The molecule has 2 aliphatic heterocycles. The third-order valence-corrected chi connectivity index (χ3v) is 10.6. The molecule has 2 saturated carbocycles. The molecule has 0 atom stereocenters. The van der Waals surface area contributed by atoms with Crippen LogP contribution >= 0.6 is 0 Å². The zero-order chi connectivity index (χ0) is 27.8. The highest BCUT2D eigenvalue weighted by Gasteiger charge is 2.47. The van der Waals surface area contributed by atoms with Crippen molar-refractivity contribution in [1.82, 2.24) is 0 Å². The normalized spacial score (nSPS) is 22.7. The van der Waals surface area contributed by atoms with Gasteiger partial charge in [0.05, 0.1) is 10.4 Å². The van der Waals surface area contributed by atoms with Crippen molar-refractivity contribution in [2.75, 3.05) is 9.80 Å². The molecule has 2 fully saturated rings. The molecule has 40 heavy (non-hydrogen) atoms.